The molecule has 0 saturated carbocycles. The van der Waals surface area contributed by atoms with Crippen molar-refractivity contribution in [2.45, 2.75) is 52.6 Å². The molecule has 13 heavy (non-hydrogen) atoms. The van der Waals surface area contributed by atoms with Crippen LogP contribution in [0.25, 0.3) is 0 Å². The highest BCUT2D eigenvalue weighted by Gasteiger charge is 2.21. The third kappa shape index (κ3) is 4.10. The Balaban J connectivity index is 4.14. The normalized spacial score (nSPS) is 16.6. The van der Waals surface area contributed by atoms with E-state index in [4.69, 9.17) is 5.73 Å². The van der Waals surface area contributed by atoms with Crippen molar-refractivity contribution < 1.29 is 0 Å². The number of rotatable bonds is 6. The van der Waals surface area contributed by atoms with Crippen molar-refractivity contribution in [3.05, 3.63) is 0 Å². The summed E-state index contributed by atoms with van der Waals surface area (Å²) in [7, 11) is 2.17. The summed E-state index contributed by atoms with van der Waals surface area (Å²) in [4.78, 5) is 2.39. The van der Waals surface area contributed by atoms with Crippen molar-refractivity contribution in [2.75, 3.05) is 13.6 Å². The predicted molar refractivity (Wildman–Crippen MR) is 59.8 cm³/mol. The zero-order valence-corrected chi connectivity index (χ0v) is 9.88. The Bertz CT molecular complexity index is 123. The molecule has 0 spiro atoms. The molecule has 0 aromatic carbocycles. The van der Waals surface area contributed by atoms with E-state index in [1.54, 1.807) is 0 Å². The number of hydrogen-bond acceptors (Lipinski definition) is 2. The lowest BCUT2D eigenvalue weighted by atomic mass is 9.95. The Labute approximate surface area is 83.5 Å². The van der Waals surface area contributed by atoms with Gasteiger partial charge in [-0.05, 0) is 33.2 Å². The molecule has 0 aliphatic heterocycles. The van der Waals surface area contributed by atoms with E-state index in [-0.39, 0.29) is 0 Å². The van der Waals surface area contributed by atoms with Crippen LogP contribution in [0.4, 0.5) is 0 Å². The van der Waals surface area contributed by atoms with Crippen LogP contribution in [0.15, 0.2) is 0 Å². The van der Waals surface area contributed by atoms with Crippen LogP contribution in [0.2, 0.25) is 0 Å². The van der Waals surface area contributed by atoms with E-state index in [2.05, 4.69) is 39.6 Å². The number of hydrogen-bond donors (Lipinski definition) is 1. The van der Waals surface area contributed by atoms with Crippen molar-refractivity contribution in [1.29, 1.82) is 0 Å². The summed E-state index contributed by atoms with van der Waals surface area (Å²) in [5.41, 5.74) is 5.80. The van der Waals surface area contributed by atoms with Gasteiger partial charge in [0.25, 0.3) is 0 Å². The summed E-state index contributed by atoms with van der Waals surface area (Å²) in [6, 6.07) is 1.13. The van der Waals surface area contributed by atoms with Crippen LogP contribution in [0, 0.1) is 5.92 Å². The van der Waals surface area contributed by atoms with Gasteiger partial charge in [-0.3, -0.25) is 4.90 Å². The molecule has 0 amide bonds. The van der Waals surface area contributed by atoms with E-state index in [0.717, 1.165) is 6.54 Å². The maximum Gasteiger partial charge on any atom is 0.0243 e. The average Bonchev–Trinajstić information content (AvgIpc) is 2.05. The fourth-order valence-corrected chi connectivity index (χ4v) is 1.83. The molecular formula is C11H26N2. The van der Waals surface area contributed by atoms with Crippen molar-refractivity contribution in [3.63, 3.8) is 0 Å². The van der Waals surface area contributed by atoms with Crippen LogP contribution >= 0.6 is 0 Å². The summed E-state index contributed by atoms with van der Waals surface area (Å²) in [5, 5.41) is 0. The third-order valence-corrected chi connectivity index (χ3v) is 2.98. The summed E-state index contributed by atoms with van der Waals surface area (Å²) in [6.45, 7) is 9.76. The van der Waals surface area contributed by atoms with E-state index >= 15 is 0 Å². The molecule has 0 aromatic rings. The molecule has 0 aliphatic rings. The highest BCUT2D eigenvalue weighted by atomic mass is 15.2. The van der Waals surface area contributed by atoms with E-state index in [0.29, 0.717) is 18.0 Å². The van der Waals surface area contributed by atoms with Gasteiger partial charge in [-0.1, -0.05) is 20.3 Å². The highest BCUT2D eigenvalue weighted by molar-refractivity contribution is 4.77. The average molecular weight is 186 g/mol. The second-order valence-electron chi connectivity index (χ2n) is 4.33. The highest BCUT2D eigenvalue weighted by Crippen LogP contribution is 2.16. The molecule has 0 fully saturated rings. The fraction of sp³-hybridized carbons (Fsp3) is 1.00. The second-order valence-corrected chi connectivity index (χ2v) is 4.33. The zero-order valence-electron chi connectivity index (χ0n) is 9.88. The molecule has 2 N–H and O–H groups in total. The quantitative estimate of drug-likeness (QED) is 0.688. The monoisotopic (exact) mass is 186 g/mol. The maximum atomic E-state index is 5.80. The standard InChI is InChI=1S/C11H26N2/c1-6-7-10(4)11(8-12)13(5)9(2)3/h9-11H,6-8,12H2,1-5H3. The lowest BCUT2D eigenvalue weighted by Crippen LogP contribution is -2.45. The van der Waals surface area contributed by atoms with E-state index in [1.165, 1.54) is 12.8 Å². The van der Waals surface area contributed by atoms with Crippen LogP contribution in [-0.4, -0.2) is 30.6 Å². The lowest BCUT2D eigenvalue weighted by Gasteiger charge is -2.34. The first kappa shape index (κ1) is 12.9. The molecule has 2 nitrogen and oxygen atoms in total. The first-order valence-electron chi connectivity index (χ1n) is 5.46. The van der Waals surface area contributed by atoms with Gasteiger partial charge >= 0.3 is 0 Å². The Morgan fingerprint density at radius 3 is 2.08 bits per heavy atom. The molecule has 0 heterocycles. The summed E-state index contributed by atoms with van der Waals surface area (Å²) in [6.07, 6.45) is 2.53. The van der Waals surface area contributed by atoms with Gasteiger partial charge in [-0.15, -0.1) is 0 Å². The summed E-state index contributed by atoms with van der Waals surface area (Å²) < 4.78 is 0. The Morgan fingerprint density at radius 2 is 1.77 bits per heavy atom. The summed E-state index contributed by atoms with van der Waals surface area (Å²) >= 11 is 0. The Morgan fingerprint density at radius 1 is 1.23 bits per heavy atom. The molecule has 0 bridgehead atoms. The van der Waals surface area contributed by atoms with Gasteiger partial charge in [0.15, 0.2) is 0 Å². The molecule has 2 heteroatoms. The molecule has 0 aliphatic carbocycles. The third-order valence-electron chi connectivity index (χ3n) is 2.98. The minimum Gasteiger partial charge on any atom is -0.329 e. The van der Waals surface area contributed by atoms with Gasteiger partial charge < -0.3 is 5.73 Å². The largest absolute Gasteiger partial charge is 0.329 e. The van der Waals surface area contributed by atoms with Crippen LogP contribution in [0.1, 0.15) is 40.5 Å². The van der Waals surface area contributed by atoms with E-state index in [9.17, 15) is 0 Å². The minimum atomic E-state index is 0.542. The Hall–Kier alpha value is -0.0800. The lowest BCUT2D eigenvalue weighted by molar-refractivity contribution is 0.146. The first-order valence-corrected chi connectivity index (χ1v) is 5.46. The minimum absolute atomic E-state index is 0.542. The van der Waals surface area contributed by atoms with Crippen LogP contribution in [0.5, 0.6) is 0 Å². The molecule has 0 aromatic heterocycles. The molecule has 2 atom stereocenters. The SMILES string of the molecule is CCCC(C)C(CN)N(C)C(C)C. The molecular weight excluding hydrogens is 160 g/mol. The summed E-state index contributed by atoms with van der Waals surface area (Å²) in [5.74, 6) is 0.711. The van der Waals surface area contributed by atoms with Gasteiger partial charge in [0.1, 0.15) is 0 Å². The molecule has 80 valence electrons. The van der Waals surface area contributed by atoms with E-state index in [1.807, 2.05) is 0 Å². The van der Waals surface area contributed by atoms with Gasteiger partial charge in [0.2, 0.25) is 0 Å². The van der Waals surface area contributed by atoms with Gasteiger partial charge in [-0.2, -0.15) is 0 Å². The number of likely N-dealkylation sites (N-methyl/N-ethyl adjacent to an activating group) is 1. The van der Waals surface area contributed by atoms with Crippen molar-refractivity contribution in [2.24, 2.45) is 11.7 Å². The molecule has 0 saturated heterocycles. The number of nitrogens with two attached hydrogens (primary N) is 1. The van der Waals surface area contributed by atoms with Crippen LogP contribution in [0.3, 0.4) is 0 Å². The smallest absolute Gasteiger partial charge is 0.0243 e. The predicted octanol–water partition coefficient (Wildman–Crippen LogP) is 2.09. The van der Waals surface area contributed by atoms with Crippen molar-refractivity contribution in [3.8, 4) is 0 Å². The van der Waals surface area contributed by atoms with Crippen molar-refractivity contribution in [1.82, 2.24) is 4.90 Å². The Kier molecular flexibility index (Phi) is 6.35. The molecule has 0 rings (SSSR count). The van der Waals surface area contributed by atoms with Gasteiger partial charge in [0, 0.05) is 18.6 Å². The van der Waals surface area contributed by atoms with Gasteiger partial charge in [-0.25, -0.2) is 0 Å². The first-order chi connectivity index (χ1) is 6.04. The van der Waals surface area contributed by atoms with Crippen molar-refractivity contribution >= 4 is 0 Å². The topological polar surface area (TPSA) is 29.3 Å². The van der Waals surface area contributed by atoms with E-state index < -0.39 is 0 Å². The van der Waals surface area contributed by atoms with Gasteiger partial charge in [0.05, 0.1) is 0 Å². The fourth-order valence-electron chi connectivity index (χ4n) is 1.83. The van der Waals surface area contributed by atoms with Crippen LogP contribution < -0.4 is 5.73 Å². The number of nitrogens with zero attached hydrogens (tertiary/aromatic N) is 1. The zero-order chi connectivity index (χ0) is 10.4. The second kappa shape index (κ2) is 6.39. The van der Waals surface area contributed by atoms with Crippen LogP contribution in [-0.2, 0) is 0 Å². The maximum absolute atomic E-state index is 5.80. The molecule has 0 radical (unpaired) electrons. The molecule has 2 unspecified atom stereocenters.